The Kier molecular flexibility index (Phi) is 4.93. The average Bonchev–Trinajstić information content (AvgIpc) is 2.91. The molecule has 1 atom stereocenters. The monoisotopic (exact) mass is 276 g/mol. The summed E-state index contributed by atoms with van der Waals surface area (Å²) >= 11 is 1.68. The zero-order valence-electron chi connectivity index (χ0n) is 11.6. The van der Waals surface area contributed by atoms with Crippen molar-refractivity contribution in [2.24, 2.45) is 0 Å². The number of nitrogens with zero attached hydrogens (tertiary/aromatic N) is 1. The van der Waals surface area contributed by atoms with E-state index in [1.54, 1.807) is 11.3 Å². The molecule has 0 amide bonds. The van der Waals surface area contributed by atoms with Crippen molar-refractivity contribution in [3.63, 3.8) is 0 Å². The topological polar surface area (TPSA) is 34.1 Å². The highest BCUT2D eigenvalue weighted by atomic mass is 32.1. The van der Waals surface area contributed by atoms with Crippen LogP contribution < -0.4 is 10.1 Å². The molecule has 0 saturated carbocycles. The molecule has 0 saturated heterocycles. The van der Waals surface area contributed by atoms with Crippen molar-refractivity contribution in [1.82, 2.24) is 10.3 Å². The summed E-state index contributed by atoms with van der Waals surface area (Å²) in [4.78, 5) is 4.43. The van der Waals surface area contributed by atoms with Crippen LogP contribution in [0, 0.1) is 0 Å². The smallest absolute Gasteiger partial charge is 0.119 e. The van der Waals surface area contributed by atoms with E-state index in [0.29, 0.717) is 12.6 Å². The van der Waals surface area contributed by atoms with E-state index in [1.807, 2.05) is 30.6 Å². The van der Waals surface area contributed by atoms with Gasteiger partial charge in [-0.25, -0.2) is 4.98 Å². The summed E-state index contributed by atoms with van der Waals surface area (Å²) in [5, 5.41) is 6.67. The first kappa shape index (κ1) is 14.0. The van der Waals surface area contributed by atoms with Gasteiger partial charge in [0.2, 0.25) is 0 Å². The number of nitrogens with one attached hydrogen (secondary N) is 1. The Hall–Kier alpha value is -1.39. The lowest BCUT2D eigenvalue weighted by molar-refractivity contribution is 0.340. The molecule has 2 rings (SSSR count). The molecular formula is C15H20N2OS. The summed E-state index contributed by atoms with van der Waals surface area (Å²) < 4.78 is 5.48. The van der Waals surface area contributed by atoms with Crippen LogP contribution in [0.5, 0.6) is 5.75 Å². The minimum absolute atomic E-state index is 0.149. The van der Waals surface area contributed by atoms with Gasteiger partial charge in [0.05, 0.1) is 12.6 Å². The van der Waals surface area contributed by atoms with Gasteiger partial charge in [0, 0.05) is 17.6 Å². The van der Waals surface area contributed by atoms with Crippen LogP contribution in [0.1, 0.15) is 37.4 Å². The molecule has 1 aromatic carbocycles. The first-order chi connectivity index (χ1) is 9.20. The molecule has 2 aromatic rings. The van der Waals surface area contributed by atoms with E-state index in [0.717, 1.165) is 10.8 Å². The fourth-order valence-electron chi connectivity index (χ4n) is 1.94. The highest BCUT2D eigenvalue weighted by molar-refractivity contribution is 7.09. The van der Waals surface area contributed by atoms with Gasteiger partial charge in [0.1, 0.15) is 10.8 Å². The van der Waals surface area contributed by atoms with Crippen molar-refractivity contribution >= 4 is 11.3 Å². The van der Waals surface area contributed by atoms with E-state index in [9.17, 15) is 0 Å². The van der Waals surface area contributed by atoms with E-state index in [2.05, 4.69) is 36.3 Å². The Balaban J connectivity index is 2.22. The lowest BCUT2D eigenvalue weighted by atomic mass is 10.1. The van der Waals surface area contributed by atoms with Gasteiger partial charge >= 0.3 is 0 Å². The van der Waals surface area contributed by atoms with Crippen LogP contribution >= 0.6 is 11.3 Å². The SMILES string of the molecule is CCOc1ccc(C(NC(C)C)c2nccs2)cc1. The minimum atomic E-state index is 0.149. The van der Waals surface area contributed by atoms with E-state index in [-0.39, 0.29) is 6.04 Å². The number of rotatable bonds is 6. The second kappa shape index (κ2) is 6.68. The van der Waals surface area contributed by atoms with Crippen molar-refractivity contribution in [3.05, 3.63) is 46.4 Å². The molecule has 0 aliphatic heterocycles. The predicted octanol–water partition coefficient (Wildman–Crippen LogP) is 3.63. The summed E-state index contributed by atoms with van der Waals surface area (Å²) in [5.74, 6) is 0.911. The van der Waals surface area contributed by atoms with Crippen LogP contribution in [0.4, 0.5) is 0 Å². The maximum Gasteiger partial charge on any atom is 0.119 e. The van der Waals surface area contributed by atoms with Gasteiger partial charge in [0.25, 0.3) is 0 Å². The third-order valence-corrected chi connectivity index (χ3v) is 3.56. The highest BCUT2D eigenvalue weighted by Gasteiger charge is 2.17. The Bertz CT molecular complexity index is 479. The normalized spacial score (nSPS) is 12.6. The second-order valence-electron chi connectivity index (χ2n) is 4.63. The molecule has 0 radical (unpaired) electrons. The highest BCUT2D eigenvalue weighted by Crippen LogP contribution is 2.26. The van der Waals surface area contributed by atoms with Gasteiger partial charge in [-0.05, 0) is 38.5 Å². The van der Waals surface area contributed by atoms with E-state index < -0.39 is 0 Å². The van der Waals surface area contributed by atoms with Gasteiger partial charge in [0.15, 0.2) is 0 Å². The molecule has 4 heteroatoms. The molecule has 1 unspecified atom stereocenters. The Morgan fingerprint density at radius 2 is 2.00 bits per heavy atom. The lowest BCUT2D eigenvalue weighted by Crippen LogP contribution is -2.28. The molecule has 3 nitrogen and oxygen atoms in total. The Morgan fingerprint density at radius 3 is 2.53 bits per heavy atom. The number of thiazole rings is 1. The van der Waals surface area contributed by atoms with E-state index in [1.165, 1.54) is 5.56 Å². The van der Waals surface area contributed by atoms with Gasteiger partial charge in [-0.1, -0.05) is 12.1 Å². The van der Waals surface area contributed by atoms with Crippen molar-refractivity contribution in [3.8, 4) is 5.75 Å². The third-order valence-electron chi connectivity index (χ3n) is 2.72. The van der Waals surface area contributed by atoms with Crippen LogP contribution in [0.2, 0.25) is 0 Å². The molecule has 0 spiro atoms. The van der Waals surface area contributed by atoms with Crippen molar-refractivity contribution in [2.45, 2.75) is 32.9 Å². The zero-order chi connectivity index (χ0) is 13.7. The van der Waals surface area contributed by atoms with Crippen LogP contribution in [0.3, 0.4) is 0 Å². The van der Waals surface area contributed by atoms with Crippen molar-refractivity contribution in [2.75, 3.05) is 6.61 Å². The second-order valence-corrected chi connectivity index (χ2v) is 5.55. The summed E-state index contributed by atoms with van der Waals surface area (Å²) in [6.45, 7) is 6.98. The summed E-state index contributed by atoms with van der Waals surface area (Å²) in [6.07, 6.45) is 1.85. The van der Waals surface area contributed by atoms with Gasteiger partial charge < -0.3 is 10.1 Å². The maximum absolute atomic E-state index is 5.48. The number of hydrogen-bond donors (Lipinski definition) is 1. The van der Waals surface area contributed by atoms with Gasteiger partial charge in [-0.2, -0.15) is 0 Å². The van der Waals surface area contributed by atoms with E-state index >= 15 is 0 Å². The molecule has 0 bridgehead atoms. The Labute approximate surface area is 118 Å². The van der Waals surface area contributed by atoms with E-state index in [4.69, 9.17) is 4.74 Å². The third kappa shape index (κ3) is 3.78. The minimum Gasteiger partial charge on any atom is -0.494 e. The maximum atomic E-state index is 5.48. The summed E-state index contributed by atoms with van der Waals surface area (Å²) in [6, 6.07) is 8.79. The molecule has 0 fully saturated rings. The fraction of sp³-hybridized carbons (Fsp3) is 0.400. The van der Waals surface area contributed by atoms with Crippen LogP contribution in [0.15, 0.2) is 35.8 Å². The quantitative estimate of drug-likeness (QED) is 0.875. The molecule has 1 N–H and O–H groups in total. The molecule has 19 heavy (non-hydrogen) atoms. The number of aromatic nitrogens is 1. The van der Waals surface area contributed by atoms with Crippen LogP contribution in [0.25, 0.3) is 0 Å². The van der Waals surface area contributed by atoms with Gasteiger partial charge in [-0.15, -0.1) is 11.3 Å². The zero-order valence-corrected chi connectivity index (χ0v) is 12.4. The van der Waals surface area contributed by atoms with Crippen molar-refractivity contribution in [1.29, 1.82) is 0 Å². The number of hydrogen-bond acceptors (Lipinski definition) is 4. The molecule has 1 aromatic heterocycles. The summed E-state index contributed by atoms with van der Waals surface area (Å²) in [7, 11) is 0. The van der Waals surface area contributed by atoms with Crippen molar-refractivity contribution < 1.29 is 4.74 Å². The number of ether oxygens (including phenoxy) is 1. The first-order valence-corrected chi connectivity index (χ1v) is 7.47. The van der Waals surface area contributed by atoms with Crippen LogP contribution in [-0.4, -0.2) is 17.6 Å². The predicted molar refractivity (Wildman–Crippen MR) is 79.8 cm³/mol. The average molecular weight is 276 g/mol. The lowest BCUT2D eigenvalue weighted by Gasteiger charge is -2.20. The van der Waals surface area contributed by atoms with Crippen LogP contribution in [-0.2, 0) is 0 Å². The standard InChI is InChI=1S/C15H20N2OS/c1-4-18-13-7-5-12(6-8-13)14(17-11(2)3)15-16-9-10-19-15/h5-11,14,17H,4H2,1-3H3. The molecule has 1 heterocycles. The Morgan fingerprint density at radius 1 is 1.26 bits per heavy atom. The first-order valence-electron chi connectivity index (χ1n) is 6.59. The fourth-order valence-corrected chi connectivity index (χ4v) is 2.67. The largest absolute Gasteiger partial charge is 0.494 e. The molecule has 102 valence electrons. The number of benzene rings is 1. The molecule has 0 aliphatic rings. The molecular weight excluding hydrogens is 256 g/mol. The molecule has 0 aliphatic carbocycles. The van der Waals surface area contributed by atoms with Gasteiger partial charge in [-0.3, -0.25) is 0 Å². The summed E-state index contributed by atoms with van der Waals surface area (Å²) in [5.41, 5.74) is 1.21.